The van der Waals surface area contributed by atoms with Gasteiger partial charge in [0.2, 0.25) is 11.8 Å². The first-order valence-corrected chi connectivity index (χ1v) is 8.28. The highest BCUT2D eigenvalue weighted by atomic mass is 35.5. The third-order valence-corrected chi connectivity index (χ3v) is 3.88. The molecule has 5 heteroatoms. The Labute approximate surface area is 147 Å². The van der Waals surface area contributed by atoms with Crippen LogP contribution in [0.15, 0.2) is 54.6 Å². The Morgan fingerprint density at radius 2 is 1.83 bits per heavy atom. The number of hydrogen-bond acceptors (Lipinski definition) is 2. The first-order chi connectivity index (χ1) is 11.6. The van der Waals surface area contributed by atoms with E-state index in [0.29, 0.717) is 31.0 Å². The van der Waals surface area contributed by atoms with E-state index in [0.717, 1.165) is 11.3 Å². The Kier molecular flexibility index (Phi) is 6.82. The van der Waals surface area contributed by atoms with Crippen LogP contribution in [0.5, 0.6) is 0 Å². The summed E-state index contributed by atoms with van der Waals surface area (Å²) in [5, 5.41) is 3.43. The van der Waals surface area contributed by atoms with Crippen molar-refractivity contribution in [2.75, 3.05) is 18.0 Å². The van der Waals surface area contributed by atoms with Crippen LogP contribution in [0.1, 0.15) is 18.9 Å². The Balaban J connectivity index is 1.80. The molecule has 4 nitrogen and oxygen atoms in total. The van der Waals surface area contributed by atoms with E-state index in [4.69, 9.17) is 11.6 Å². The van der Waals surface area contributed by atoms with Crippen molar-refractivity contribution >= 4 is 29.1 Å². The van der Waals surface area contributed by atoms with Crippen LogP contribution in [-0.4, -0.2) is 24.9 Å². The summed E-state index contributed by atoms with van der Waals surface area (Å²) in [5.74, 6) is -0.107. The normalized spacial score (nSPS) is 10.2. The molecule has 24 heavy (non-hydrogen) atoms. The molecule has 0 bridgehead atoms. The number of carbonyl (C=O) groups is 2. The van der Waals surface area contributed by atoms with E-state index in [-0.39, 0.29) is 11.8 Å². The van der Waals surface area contributed by atoms with Crippen molar-refractivity contribution < 1.29 is 9.59 Å². The van der Waals surface area contributed by atoms with Gasteiger partial charge in [0.25, 0.3) is 0 Å². The lowest BCUT2D eigenvalue weighted by molar-refractivity contribution is -0.121. The molecule has 0 aliphatic carbocycles. The number of benzene rings is 2. The molecule has 2 aromatic rings. The molecule has 0 fully saturated rings. The second-order valence-electron chi connectivity index (χ2n) is 5.49. The number of nitrogens with zero attached hydrogens (tertiary/aromatic N) is 1. The van der Waals surface area contributed by atoms with Gasteiger partial charge in [0.15, 0.2) is 0 Å². The predicted octanol–water partition coefficient (Wildman–Crippen LogP) is 3.44. The van der Waals surface area contributed by atoms with Crippen molar-refractivity contribution in [2.24, 2.45) is 0 Å². The molecule has 0 saturated heterocycles. The molecule has 126 valence electrons. The first kappa shape index (κ1) is 18.0. The Hall–Kier alpha value is -2.33. The lowest BCUT2D eigenvalue weighted by atomic mass is 10.1. The Morgan fingerprint density at radius 3 is 2.50 bits per heavy atom. The van der Waals surface area contributed by atoms with Crippen LogP contribution in [0.3, 0.4) is 0 Å². The van der Waals surface area contributed by atoms with E-state index in [9.17, 15) is 9.59 Å². The molecular formula is C19H21ClN2O2. The van der Waals surface area contributed by atoms with Gasteiger partial charge in [-0.3, -0.25) is 9.59 Å². The lowest BCUT2D eigenvalue weighted by Gasteiger charge is -2.21. The van der Waals surface area contributed by atoms with E-state index in [1.807, 2.05) is 36.4 Å². The van der Waals surface area contributed by atoms with Gasteiger partial charge in [-0.2, -0.15) is 0 Å². The van der Waals surface area contributed by atoms with Crippen LogP contribution in [0, 0.1) is 0 Å². The third-order valence-electron chi connectivity index (χ3n) is 3.64. The fraction of sp³-hybridized carbons (Fsp3) is 0.263. The maximum absolute atomic E-state index is 11.9. The van der Waals surface area contributed by atoms with Gasteiger partial charge >= 0.3 is 0 Å². The number of hydrogen-bond donors (Lipinski definition) is 1. The summed E-state index contributed by atoms with van der Waals surface area (Å²) >= 11 is 5.97. The molecule has 1 N–H and O–H groups in total. The molecule has 2 aromatic carbocycles. The zero-order chi connectivity index (χ0) is 17.4. The number of anilines is 1. The fourth-order valence-electron chi connectivity index (χ4n) is 2.41. The van der Waals surface area contributed by atoms with Crippen LogP contribution in [0.2, 0.25) is 5.02 Å². The Bertz CT molecular complexity index is 689. The lowest BCUT2D eigenvalue weighted by Crippen LogP contribution is -2.37. The van der Waals surface area contributed by atoms with Crippen molar-refractivity contribution in [1.82, 2.24) is 5.32 Å². The molecule has 0 heterocycles. The molecule has 0 spiro atoms. The highest BCUT2D eigenvalue weighted by Crippen LogP contribution is 2.19. The van der Waals surface area contributed by atoms with Crippen LogP contribution in [-0.2, 0) is 16.0 Å². The van der Waals surface area contributed by atoms with Crippen LogP contribution < -0.4 is 10.2 Å². The summed E-state index contributed by atoms with van der Waals surface area (Å²) in [5.41, 5.74) is 1.87. The minimum atomic E-state index is -0.0872. The summed E-state index contributed by atoms with van der Waals surface area (Å²) in [4.78, 5) is 25.3. The van der Waals surface area contributed by atoms with Gasteiger partial charge in [-0.15, -0.1) is 0 Å². The van der Waals surface area contributed by atoms with Gasteiger partial charge in [-0.1, -0.05) is 48.0 Å². The van der Waals surface area contributed by atoms with Gasteiger partial charge < -0.3 is 10.2 Å². The van der Waals surface area contributed by atoms with Gasteiger partial charge in [-0.25, -0.2) is 0 Å². The molecular weight excluding hydrogens is 324 g/mol. The number of aryl methyl sites for hydroxylation is 1. The van der Waals surface area contributed by atoms with E-state index >= 15 is 0 Å². The molecule has 0 aromatic heterocycles. The van der Waals surface area contributed by atoms with E-state index in [1.165, 1.54) is 6.92 Å². The monoisotopic (exact) mass is 344 g/mol. The van der Waals surface area contributed by atoms with Crippen molar-refractivity contribution in [3.8, 4) is 0 Å². The van der Waals surface area contributed by atoms with Gasteiger partial charge in [0, 0.05) is 37.1 Å². The summed E-state index contributed by atoms with van der Waals surface area (Å²) < 4.78 is 0. The highest BCUT2D eigenvalue weighted by molar-refractivity contribution is 6.30. The third kappa shape index (κ3) is 5.70. The van der Waals surface area contributed by atoms with E-state index in [2.05, 4.69) is 5.32 Å². The van der Waals surface area contributed by atoms with Gasteiger partial charge in [-0.05, 0) is 30.2 Å². The van der Waals surface area contributed by atoms with E-state index in [1.54, 1.807) is 23.1 Å². The summed E-state index contributed by atoms with van der Waals surface area (Å²) in [6.07, 6.45) is 1.14. The van der Waals surface area contributed by atoms with Crippen molar-refractivity contribution in [3.05, 3.63) is 65.2 Å². The quantitative estimate of drug-likeness (QED) is 0.836. The fourth-order valence-corrected chi connectivity index (χ4v) is 2.59. The minimum Gasteiger partial charge on any atom is -0.354 e. The second kappa shape index (κ2) is 9.08. The molecule has 2 rings (SSSR count). The summed E-state index contributed by atoms with van der Waals surface area (Å²) in [7, 11) is 0. The zero-order valence-corrected chi connectivity index (χ0v) is 14.4. The first-order valence-electron chi connectivity index (χ1n) is 7.90. The average Bonchev–Trinajstić information content (AvgIpc) is 2.57. The topological polar surface area (TPSA) is 49.4 Å². The number of nitrogens with one attached hydrogen (secondary N) is 1. The molecule has 2 amide bonds. The van der Waals surface area contributed by atoms with Crippen molar-refractivity contribution in [2.45, 2.75) is 19.8 Å². The molecule has 0 saturated carbocycles. The number of carbonyl (C=O) groups excluding carboxylic acids is 2. The molecule has 0 aliphatic heterocycles. The summed E-state index contributed by atoms with van der Waals surface area (Å²) in [6.45, 7) is 2.31. The van der Waals surface area contributed by atoms with Gasteiger partial charge in [0.05, 0.1) is 0 Å². The second-order valence-corrected chi connectivity index (χ2v) is 5.92. The van der Waals surface area contributed by atoms with Crippen LogP contribution >= 0.6 is 11.6 Å². The standard InChI is InChI=1S/C19H21ClN2O2/c1-15(23)22(18-9-5-8-17(20)14-18)13-12-21-19(24)11-10-16-6-3-2-4-7-16/h2-9,14H,10-13H2,1H3,(H,21,24). The predicted molar refractivity (Wildman–Crippen MR) is 97.3 cm³/mol. The number of amides is 2. The van der Waals surface area contributed by atoms with Crippen LogP contribution in [0.25, 0.3) is 0 Å². The SMILES string of the molecule is CC(=O)N(CCNC(=O)CCc1ccccc1)c1cccc(Cl)c1. The van der Waals surface area contributed by atoms with E-state index < -0.39 is 0 Å². The maximum atomic E-state index is 11.9. The molecule has 0 atom stereocenters. The smallest absolute Gasteiger partial charge is 0.223 e. The number of halogens is 1. The minimum absolute atomic E-state index is 0.0200. The van der Waals surface area contributed by atoms with Crippen molar-refractivity contribution in [1.29, 1.82) is 0 Å². The van der Waals surface area contributed by atoms with Crippen molar-refractivity contribution in [3.63, 3.8) is 0 Å². The largest absolute Gasteiger partial charge is 0.354 e. The highest BCUT2D eigenvalue weighted by Gasteiger charge is 2.12. The molecule has 0 unspecified atom stereocenters. The Morgan fingerprint density at radius 1 is 1.08 bits per heavy atom. The van der Waals surface area contributed by atoms with Gasteiger partial charge in [0.1, 0.15) is 0 Å². The molecule has 0 radical (unpaired) electrons. The average molecular weight is 345 g/mol. The number of rotatable bonds is 7. The molecule has 0 aliphatic rings. The summed E-state index contributed by atoms with van der Waals surface area (Å²) in [6, 6.07) is 17.0. The van der Waals surface area contributed by atoms with Crippen LogP contribution in [0.4, 0.5) is 5.69 Å². The maximum Gasteiger partial charge on any atom is 0.223 e. The zero-order valence-electron chi connectivity index (χ0n) is 13.7.